The first-order valence-electron chi connectivity index (χ1n) is 12.0. The van der Waals surface area contributed by atoms with Crippen LogP contribution in [-0.4, -0.2) is 65.5 Å². The minimum Gasteiger partial charge on any atom is -0.497 e. The summed E-state index contributed by atoms with van der Waals surface area (Å²) in [5, 5.41) is 15.2. The highest BCUT2D eigenvalue weighted by molar-refractivity contribution is 5.79. The Morgan fingerprint density at radius 3 is 2.56 bits per heavy atom. The summed E-state index contributed by atoms with van der Waals surface area (Å²) in [7, 11) is 1.71. The van der Waals surface area contributed by atoms with Gasteiger partial charge in [0.05, 0.1) is 19.7 Å². The van der Waals surface area contributed by atoms with Crippen molar-refractivity contribution in [3.05, 3.63) is 42.0 Å². The number of nitrogens with zero attached hydrogens (tertiary/aromatic N) is 5. The zero-order valence-electron chi connectivity index (χ0n) is 19.9. The first-order chi connectivity index (χ1) is 15.7. The molecular weight excluding hydrogens is 402 g/mol. The number of guanidine groups is 1. The molecule has 1 aliphatic rings. The Morgan fingerprint density at radius 1 is 1.12 bits per heavy atom. The number of unbranched alkanes of at least 4 members (excludes halogenated alkanes) is 1. The molecule has 0 amide bonds. The van der Waals surface area contributed by atoms with Gasteiger partial charge in [0, 0.05) is 26.1 Å². The number of aromatic nitrogens is 3. The molecule has 0 aliphatic carbocycles. The standard InChI is InChI=1S/C24H39N7O/c1-4-6-13-25-24(26-14-17-31-19-28-29-23(31)5-2)27-18-22(30-15-7-8-16-30)20-9-11-21(32-3)12-10-20/h9-12,19,22H,4-8,13-18H2,1-3H3,(H2,25,26,27). The number of aliphatic imine (C=N–C) groups is 1. The molecule has 1 atom stereocenters. The van der Waals surface area contributed by atoms with Crippen molar-refractivity contribution in [3.63, 3.8) is 0 Å². The number of rotatable bonds is 12. The Morgan fingerprint density at radius 2 is 1.88 bits per heavy atom. The third kappa shape index (κ3) is 6.95. The lowest BCUT2D eigenvalue weighted by molar-refractivity contribution is 0.251. The van der Waals surface area contributed by atoms with E-state index in [1.165, 1.54) is 18.4 Å². The second-order valence-corrected chi connectivity index (χ2v) is 8.22. The first-order valence-corrected chi connectivity index (χ1v) is 12.0. The number of likely N-dealkylation sites (tertiary alicyclic amines) is 1. The van der Waals surface area contributed by atoms with E-state index in [0.29, 0.717) is 0 Å². The third-order valence-electron chi connectivity index (χ3n) is 5.98. The number of ether oxygens (including phenoxy) is 1. The van der Waals surface area contributed by atoms with E-state index in [9.17, 15) is 0 Å². The van der Waals surface area contributed by atoms with Crippen molar-refractivity contribution in [2.24, 2.45) is 4.99 Å². The molecule has 1 aliphatic heterocycles. The second kappa shape index (κ2) is 13.1. The largest absolute Gasteiger partial charge is 0.497 e. The van der Waals surface area contributed by atoms with Gasteiger partial charge in [0.2, 0.25) is 0 Å². The van der Waals surface area contributed by atoms with Crippen molar-refractivity contribution >= 4 is 5.96 Å². The summed E-state index contributed by atoms with van der Waals surface area (Å²) in [4.78, 5) is 7.56. The van der Waals surface area contributed by atoms with Gasteiger partial charge < -0.3 is 19.9 Å². The Hall–Kier alpha value is -2.61. The molecule has 0 spiro atoms. The zero-order chi connectivity index (χ0) is 22.6. The Kier molecular flexibility index (Phi) is 9.81. The van der Waals surface area contributed by atoms with Crippen molar-refractivity contribution in [2.45, 2.75) is 58.5 Å². The highest BCUT2D eigenvalue weighted by Crippen LogP contribution is 2.27. The number of aryl methyl sites for hydroxylation is 1. The average molecular weight is 442 g/mol. The molecule has 2 N–H and O–H groups in total. The van der Waals surface area contributed by atoms with E-state index in [1.807, 2.05) is 12.1 Å². The minimum absolute atomic E-state index is 0.276. The monoisotopic (exact) mass is 441 g/mol. The van der Waals surface area contributed by atoms with Gasteiger partial charge >= 0.3 is 0 Å². The molecule has 32 heavy (non-hydrogen) atoms. The lowest BCUT2D eigenvalue weighted by atomic mass is 10.1. The van der Waals surface area contributed by atoms with Crippen LogP contribution in [0.2, 0.25) is 0 Å². The number of nitrogens with one attached hydrogen (secondary N) is 2. The van der Waals surface area contributed by atoms with Gasteiger partial charge in [-0.25, -0.2) is 0 Å². The lowest BCUT2D eigenvalue weighted by Gasteiger charge is -2.27. The smallest absolute Gasteiger partial charge is 0.191 e. The lowest BCUT2D eigenvalue weighted by Crippen LogP contribution is -2.40. The highest BCUT2D eigenvalue weighted by atomic mass is 16.5. The summed E-state index contributed by atoms with van der Waals surface area (Å²) in [5.41, 5.74) is 1.29. The Balaban J connectivity index is 1.67. The minimum atomic E-state index is 0.276. The van der Waals surface area contributed by atoms with E-state index < -0.39 is 0 Å². The molecule has 2 aromatic rings. The van der Waals surface area contributed by atoms with Gasteiger partial charge in [-0.2, -0.15) is 0 Å². The van der Waals surface area contributed by atoms with E-state index >= 15 is 0 Å². The van der Waals surface area contributed by atoms with Crippen LogP contribution in [0.15, 0.2) is 35.6 Å². The van der Waals surface area contributed by atoms with Crippen molar-refractivity contribution < 1.29 is 4.74 Å². The molecule has 1 saturated heterocycles. The van der Waals surface area contributed by atoms with Gasteiger partial charge in [-0.15, -0.1) is 10.2 Å². The second-order valence-electron chi connectivity index (χ2n) is 8.22. The van der Waals surface area contributed by atoms with Gasteiger partial charge in [0.1, 0.15) is 17.9 Å². The molecule has 176 valence electrons. The van der Waals surface area contributed by atoms with Crippen molar-refractivity contribution in [1.29, 1.82) is 0 Å². The Labute approximate surface area is 192 Å². The molecule has 0 bridgehead atoms. The summed E-state index contributed by atoms with van der Waals surface area (Å²) < 4.78 is 7.45. The SMILES string of the molecule is CCCCNC(=NCC(c1ccc(OC)cc1)N1CCCC1)NCCn1cnnc1CC. The Bertz CT molecular complexity index is 812. The van der Waals surface area contributed by atoms with Crippen molar-refractivity contribution in [2.75, 3.05) is 39.8 Å². The molecule has 1 aromatic heterocycles. The fraction of sp³-hybridized carbons (Fsp3) is 0.625. The van der Waals surface area contributed by atoms with Crippen LogP contribution < -0.4 is 15.4 Å². The van der Waals surface area contributed by atoms with Crippen LogP contribution in [0, 0.1) is 0 Å². The maximum Gasteiger partial charge on any atom is 0.191 e. The van der Waals surface area contributed by atoms with Crippen LogP contribution in [0.5, 0.6) is 5.75 Å². The molecule has 0 saturated carbocycles. The van der Waals surface area contributed by atoms with Crippen molar-refractivity contribution in [3.8, 4) is 5.75 Å². The van der Waals surface area contributed by atoms with E-state index in [2.05, 4.69) is 56.3 Å². The summed E-state index contributed by atoms with van der Waals surface area (Å²) in [6.45, 7) is 9.81. The molecular formula is C24H39N7O. The molecule has 2 heterocycles. The summed E-state index contributed by atoms with van der Waals surface area (Å²) in [5.74, 6) is 2.78. The maximum atomic E-state index is 5.35. The normalized spacial score (nSPS) is 15.7. The van der Waals surface area contributed by atoms with Gasteiger partial charge in [-0.1, -0.05) is 32.4 Å². The van der Waals surface area contributed by atoms with Gasteiger partial charge in [-0.3, -0.25) is 9.89 Å². The average Bonchev–Trinajstić information content (AvgIpc) is 3.51. The fourth-order valence-corrected chi connectivity index (χ4v) is 4.08. The van der Waals surface area contributed by atoms with Gasteiger partial charge in [0.15, 0.2) is 5.96 Å². The highest BCUT2D eigenvalue weighted by Gasteiger charge is 2.23. The van der Waals surface area contributed by atoms with E-state index in [4.69, 9.17) is 9.73 Å². The number of benzene rings is 1. The summed E-state index contributed by atoms with van der Waals surface area (Å²) >= 11 is 0. The number of methoxy groups -OCH3 is 1. The van der Waals surface area contributed by atoms with Crippen LogP contribution in [0.3, 0.4) is 0 Å². The summed E-state index contributed by atoms with van der Waals surface area (Å²) in [6.07, 6.45) is 7.48. The zero-order valence-corrected chi connectivity index (χ0v) is 19.9. The predicted octanol–water partition coefficient (Wildman–Crippen LogP) is 3.02. The molecule has 1 fully saturated rings. The number of hydrogen-bond donors (Lipinski definition) is 2. The van der Waals surface area contributed by atoms with Gasteiger partial charge in [0.25, 0.3) is 0 Å². The van der Waals surface area contributed by atoms with E-state index in [1.54, 1.807) is 13.4 Å². The maximum absolute atomic E-state index is 5.35. The van der Waals surface area contributed by atoms with E-state index in [0.717, 1.165) is 76.1 Å². The van der Waals surface area contributed by atoms with Gasteiger partial charge in [-0.05, 0) is 50.0 Å². The van der Waals surface area contributed by atoms with Crippen LogP contribution in [-0.2, 0) is 13.0 Å². The van der Waals surface area contributed by atoms with Crippen LogP contribution in [0.4, 0.5) is 0 Å². The molecule has 8 nitrogen and oxygen atoms in total. The van der Waals surface area contributed by atoms with Crippen molar-refractivity contribution in [1.82, 2.24) is 30.3 Å². The van der Waals surface area contributed by atoms with Crippen LogP contribution >= 0.6 is 0 Å². The fourth-order valence-electron chi connectivity index (χ4n) is 4.08. The molecule has 3 rings (SSSR count). The molecule has 1 aromatic carbocycles. The molecule has 8 heteroatoms. The summed E-state index contributed by atoms with van der Waals surface area (Å²) in [6, 6.07) is 8.72. The van der Waals surface area contributed by atoms with Crippen LogP contribution in [0.1, 0.15) is 57.0 Å². The number of hydrogen-bond acceptors (Lipinski definition) is 5. The molecule has 1 unspecified atom stereocenters. The topological polar surface area (TPSA) is 79.6 Å². The third-order valence-corrected chi connectivity index (χ3v) is 5.98. The first kappa shape index (κ1) is 24.0. The van der Waals surface area contributed by atoms with Crippen LogP contribution in [0.25, 0.3) is 0 Å². The van der Waals surface area contributed by atoms with E-state index in [-0.39, 0.29) is 6.04 Å². The molecule has 0 radical (unpaired) electrons. The predicted molar refractivity (Wildman–Crippen MR) is 129 cm³/mol. The quantitative estimate of drug-likeness (QED) is 0.299.